The van der Waals surface area contributed by atoms with Crippen molar-refractivity contribution >= 4 is 17.9 Å². The van der Waals surface area contributed by atoms with Crippen LogP contribution in [0.3, 0.4) is 0 Å². The maximum atomic E-state index is 12.9. The fraction of sp³-hybridized carbons (Fsp3) is 0.649. The van der Waals surface area contributed by atoms with Gasteiger partial charge >= 0.3 is 17.9 Å². The number of allylic oxidation sites excluding steroid dienone is 24. The molecule has 1 atom stereocenters. The summed E-state index contributed by atoms with van der Waals surface area (Å²) in [5.41, 5.74) is 0. The molecule has 6 nitrogen and oxygen atoms in total. The Morgan fingerprint density at radius 2 is 0.470 bits per heavy atom. The Balaban J connectivity index is 4.40. The number of carbonyl (C=O) groups is 3. The van der Waals surface area contributed by atoms with Crippen LogP contribution in [0, 0.1) is 0 Å². The van der Waals surface area contributed by atoms with E-state index in [1.165, 1.54) is 122 Å². The highest BCUT2D eigenvalue weighted by atomic mass is 16.6. The fourth-order valence-corrected chi connectivity index (χ4v) is 9.27. The molecule has 0 bridgehead atoms. The second kappa shape index (κ2) is 69.8. The first-order valence-corrected chi connectivity index (χ1v) is 34.3. The van der Waals surface area contributed by atoms with Gasteiger partial charge in [-0.15, -0.1) is 0 Å². The van der Waals surface area contributed by atoms with Crippen molar-refractivity contribution < 1.29 is 28.6 Å². The van der Waals surface area contributed by atoms with Gasteiger partial charge in [0.15, 0.2) is 6.10 Å². The number of hydrogen-bond donors (Lipinski definition) is 0. The molecule has 83 heavy (non-hydrogen) atoms. The molecule has 1 unspecified atom stereocenters. The van der Waals surface area contributed by atoms with Gasteiger partial charge in [-0.05, 0) is 122 Å². The van der Waals surface area contributed by atoms with Crippen molar-refractivity contribution in [2.24, 2.45) is 0 Å². The lowest BCUT2D eigenvalue weighted by Crippen LogP contribution is -2.30. The van der Waals surface area contributed by atoms with Crippen LogP contribution in [0.5, 0.6) is 0 Å². The molecule has 0 heterocycles. The van der Waals surface area contributed by atoms with Gasteiger partial charge in [0.2, 0.25) is 0 Å². The van der Waals surface area contributed by atoms with Crippen molar-refractivity contribution in [3.8, 4) is 0 Å². The lowest BCUT2D eigenvalue weighted by molar-refractivity contribution is -0.167. The highest BCUT2D eigenvalue weighted by Gasteiger charge is 2.19. The first kappa shape index (κ1) is 78.3. The standard InChI is InChI=1S/C77H126O6/c1-4-7-10-13-16-19-22-25-27-29-31-33-35-37-38-40-41-43-45-47-49-52-55-58-61-64-67-70-76(79)82-73-74(72-81-75(78)69-66-63-60-57-54-51-24-21-18-15-12-9-6-3)83-77(80)71-68-65-62-59-56-53-50-48-46-44-42-39-36-34-32-30-28-26-23-20-17-14-11-8-5-2/h7-8,10-11,16-17,19-20,25-28,31-34,37-39,42,46,48,53,56,74H,4-6,9,12-15,18,21-24,29-30,35-36,40-41,43-45,47,49-52,54-55,57-73H2,1-3H3/b10-7-,11-8-,19-16-,20-17-,27-25-,28-26-,33-31-,34-32-,38-37-,42-39-,48-46-,56-53-. The van der Waals surface area contributed by atoms with Gasteiger partial charge in [0.1, 0.15) is 13.2 Å². The van der Waals surface area contributed by atoms with Crippen molar-refractivity contribution in [3.63, 3.8) is 0 Å². The summed E-state index contributed by atoms with van der Waals surface area (Å²) in [6, 6.07) is 0. The summed E-state index contributed by atoms with van der Waals surface area (Å²) in [5, 5.41) is 0. The van der Waals surface area contributed by atoms with Crippen LogP contribution in [0.4, 0.5) is 0 Å². The number of unbranched alkanes of at least 4 members (excludes halogenated alkanes) is 26. The quantitative estimate of drug-likeness (QED) is 0.0261. The molecule has 0 saturated carbocycles. The zero-order valence-corrected chi connectivity index (χ0v) is 53.9. The van der Waals surface area contributed by atoms with Crippen LogP contribution < -0.4 is 0 Å². The van der Waals surface area contributed by atoms with Gasteiger partial charge in [-0.25, -0.2) is 0 Å². The highest BCUT2D eigenvalue weighted by molar-refractivity contribution is 5.71. The minimum Gasteiger partial charge on any atom is -0.462 e. The zero-order chi connectivity index (χ0) is 59.9. The van der Waals surface area contributed by atoms with Crippen LogP contribution in [0.1, 0.15) is 303 Å². The van der Waals surface area contributed by atoms with Gasteiger partial charge in [-0.3, -0.25) is 14.4 Å². The summed E-state index contributed by atoms with van der Waals surface area (Å²) in [7, 11) is 0. The smallest absolute Gasteiger partial charge is 0.306 e. The van der Waals surface area contributed by atoms with Gasteiger partial charge in [0, 0.05) is 19.3 Å². The van der Waals surface area contributed by atoms with Crippen LogP contribution in [0.15, 0.2) is 146 Å². The number of esters is 3. The molecular weight excluding hydrogens is 1020 g/mol. The molecule has 0 N–H and O–H groups in total. The summed E-state index contributed by atoms with van der Waals surface area (Å²) >= 11 is 0. The van der Waals surface area contributed by atoms with E-state index in [0.717, 1.165) is 141 Å². The zero-order valence-electron chi connectivity index (χ0n) is 53.9. The SMILES string of the molecule is CC/C=C\C/C=C\C/C=C\C/C=C\C/C=C\C/C=C\C/C=C\CCCCCC(=O)OC(COC(=O)CCCCCCCCCCCCC/C=C\C/C=C\C/C=C\C/C=C\C/C=C\CC)COC(=O)CCCCCCCCCCCCCCC. The molecule has 0 aromatic rings. The van der Waals surface area contributed by atoms with Crippen molar-refractivity contribution in [3.05, 3.63) is 146 Å². The van der Waals surface area contributed by atoms with Crippen LogP contribution in [0.2, 0.25) is 0 Å². The Kier molecular flexibility index (Phi) is 65.8. The lowest BCUT2D eigenvalue weighted by atomic mass is 10.0. The molecule has 0 radical (unpaired) electrons. The first-order chi connectivity index (χ1) is 41.0. The van der Waals surface area contributed by atoms with E-state index in [4.69, 9.17) is 14.2 Å². The Labute approximate surface area is 512 Å². The average molecular weight is 1150 g/mol. The summed E-state index contributed by atoms with van der Waals surface area (Å²) < 4.78 is 16.9. The van der Waals surface area contributed by atoms with Crippen LogP contribution >= 0.6 is 0 Å². The maximum absolute atomic E-state index is 12.9. The topological polar surface area (TPSA) is 78.9 Å². The molecule has 6 heteroatoms. The summed E-state index contributed by atoms with van der Waals surface area (Å²) in [6.07, 6.45) is 100. The number of carbonyl (C=O) groups excluding carboxylic acids is 3. The highest BCUT2D eigenvalue weighted by Crippen LogP contribution is 2.16. The lowest BCUT2D eigenvalue weighted by Gasteiger charge is -2.18. The van der Waals surface area contributed by atoms with Crippen molar-refractivity contribution in [1.82, 2.24) is 0 Å². The van der Waals surface area contributed by atoms with E-state index in [-0.39, 0.29) is 37.5 Å². The molecule has 0 aliphatic heterocycles. The average Bonchev–Trinajstić information content (AvgIpc) is 3.48. The summed E-state index contributed by atoms with van der Waals surface area (Å²) in [4.78, 5) is 38.4. The fourth-order valence-electron chi connectivity index (χ4n) is 9.27. The number of ether oxygens (including phenoxy) is 3. The van der Waals surface area contributed by atoms with Gasteiger partial charge in [0.25, 0.3) is 0 Å². The molecule has 0 fully saturated rings. The molecule has 0 amide bonds. The number of hydrogen-bond acceptors (Lipinski definition) is 6. The molecule has 0 aliphatic rings. The van der Waals surface area contributed by atoms with Gasteiger partial charge in [-0.1, -0.05) is 308 Å². The van der Waals surface area contributed by atoms with Gasteiger partial charge < -0.3 is 14.2 Å². The Hall–Kier alpha value is -4.71. The largest absolute Gasteiger partial charge is 0.462 e. The van der Waals surface area contributed by atoms with E-state index in [1.807, 2.05) is 0 Å². The first-order valence-electron chi connectivity index (χ1n) is 34.3. The van der Waals surface area contributed by atoms with E-state index in [2.05, 4.69) is 167 Å². The molecule has 0 aromatic heterocycles. The third-order valence-electron chi connectivity index (χ3n) is 14.3. The molecule has 0 aromatic carbocycles. The predicted molar refractivity (Wildman–Crippen MR) is 362 cm³/mol. The predicted octanol–water partition coefficient (Wildman–Crippen LogP) is 23.9. The molecule has 0 rings (SSSR count). The third-order valence-corrected chi connectivity index (χ3v) is 14.3. The Morgan fingerprint density at radius 3 is 0.747 bits per heavy atom. The van der Waals surface area contributed by atoms with E-state index in [0.29, 0.717) is 12.8 Å². The van der Waals surface area contributed by atoms with Crippen LogP contribution in [-0.2, 0) is 28.6 Å². The van der Waals surface area contributed by atoms with Crippen molar-refractivity contribution in [2.45, 2.75) is 309 Å². The molecule has 470 valence electrons. The molecule has 0 aliphatic carbocycles. The van der Waals surface area contributed by atoms with Gasteiger partial charge in [0.05, 0.1) is 0 Å². The maximum Gasteiger partial charge on any atom is 0.306 e. The molecule has 0 saturated heterocycles. The normalized spacial score (nSPS) is 13.0. The molecular formula is C77H126O6. The molecule has 0 spiro atoms. The van der Waals surface area contributed by atoms with E-state index < -0.39 is 6.10 Å². The minimum atomic E-state index is -0.803. The van der Waals surface area contributed by atoms with E-state index in [9.17, 15) is 14.4 Å². The van der Waals surface area contributed by atoms with Crippen LogP contribution in [-0.4, -0.2) is 37.2 Å². The number of rotatable bonds is 61. The van der Waals surface area contributed by atoms with E-state index in [1.54, 1.807) is 0 Å². The minimum absolute atomic E-state index is 0.0943. The van der Waals surface area contributed by atoms with Crippen molar-refractivity contribution in [2.75, 3.05) is 13.2 Å². The monoisotopic (exact) mass is 1150 g/mol. The van der Waals surface area contributed by atoms with E-state index >= 15 is 0 Å². The van der Waals surface area contributed by atoms with Crippen molar-refractivity contribution in [1.29, 1.82) is 0 Å². The summed E-state index contributed by atoms with van der Waals surface area (Å²) in [6.45, 7) is 6.40. The van der Waals surface area contributed by atoms with Gasteiger partial charge in [-0.2, -0.15) is 0 Å². The second-order valence-corrected chi connectivity index (χ2v) is 22.3. The Bertz CT molecular complexity index is 1800. The summed E-state index contributed by atoms with van der Waals surface area (Å²) in [5.74, 6) is -0.925. The Morgan fingerprint density at radius 1 is 0.253 bits per heavy atom. The third kappa shape index (κ3) is 68.0. The second-order valence-electron chi connectivity index (χ2n) is 22.3. The van der Waals surface area contributed by atoms with Crippen LogP contribution in [0.25, 0.3) is 0 Å².